The highest BCUT2D eigenvalue weighted by atomic mass is 32.1. The Balaban J connectivity index is 1.48. The molecule has 4 aromatic rings. The number of carbonyl (C=O) groups is 2. The number of aromatic amines is 1. The van der Waals surface area contributed by atoms with Gasteiger partial charge in [-0.1, -0.05) is 18.2 Å². The van der Waals surface area contributed by atoms with Crippen LogP contribution in [0.15, 0.2) is 48.1 Å². The third-order valence-electron chi connectivity index (χ3n) is 4.33. The van der Waals surface area contributed by atoms with Gasteiger partial charge in [0.2, 0.25) is 5.91 Å². The quantitative estimate of drug-likeness (QED) is 0.496. The van der Waals surface area contributed by atoms with Crippen molar-refractivity contribution in [3.05, 3.63) is 59.4 Å². The molecule has 8 heteroatoms. The molecular formula is C19H17N5O2S. The van der Waals surface area contributed by atoms with Crippen molar-refractivity contribution in [2.75, 3.05) is 5.32 Å². The van der Waals surface area contributed by atoms with Gasteiger partial charge in [-0.3, -0.25) is 9.59 Å². The van der Waals surface area contributed by atoms with Gasteiger partial charge in [0, 0.05) is 41.3 Å². The highest BCUT2D eigenvalue weighted by Gasteiger charge is 2.13. The summed E-state index contributed by atoms with van der Waals surface area (Å²) >= 11 is 1.33. The van der Waals surface area contributed by atoms with Crippen molar-refractivity contribution in [3.63, 3.8) is 0 Å². The average molecular weight is 379 g/mol. The minimum Gasteiger partial charge on any atom is -0.364 e. The molecule has 0 saturated carbocycles. The third kappa shape index (κ3) is 3.34. The van der Waals surface area contributed by atoms with Gasteiger partial charge in [-0.2, -0.15) is 0 Å². The molecule has 1 aromatic carbocycles. The summed E-state index contributed by atoms with van der Waals surface area (Å²) in [5.74, 6) is -0.653. The van der Waals surface area contributed by atoms with Crippen molar-refractivity contribution in [1.29, 1.82) is 0 Å². The van der Waals surface area contributed by atoms with Gasteiger partial charge in [0.25, 0.3) is 5.91 Å². The number of rotatable bonds is 5. The van der Waals surface area contributed by atoms with Crippen molar-refractivity contribution in [3.8, 4) is 11.3 Å². The van der Waals surface area contributed by atoms with E-state index in [1.165, 1.54) is 11.3 Å². The maximum Gasteiger partial charge on any atom is 0.265 e. The molecule has 0 saturated heterocycles. The van der Waals surface area contributed by atoms with E-state index >= 15 is 0 Å². The molecule has 0 radical (unpaired) electrons. The molecule has 7 nitrogen and oxygen atoms in total. The minimum atomic E-state index is -0.528. The third-order valence-corrected chi connectivity index (χ3v) is 5.08. The number of aryl methyl sites for hydroxylation is 1. The predicted octanol–water partition coefficient (Wildman–Crippen LogP) is 2.91. The Bertz CT molecular complexity index is 1150. The van der Waals surface area contributed by atoms with Crippen LogP contribution in [0.1, 0.15) is 16.1 Å². The van der Waals surface area contributed by atoms with E-state index in [0.29, 0.717) is 16.5 Å². The lowest BCUT2D eigenvalue weighted by Gasteiger charge is -2.01. The van der Waals surface area contributed by atoms with E-state index in [4.69, 9.17) is 5.73 Å². The molecule has 0 spiro atoms. The summed E-state index contributed by atoms with van der Waals surface area (Å²) in [5.41, 5.74) is 9.04. The van der Waals surface area contributed by atoms with Crippen LogP contribution in [0.3, 0.4) is 0 Å². The zero-order valence-corrected chi connectivity index (χ0v) is 15.3. The van der Waals surface area contributed by atoms with Crippen molar-refractivity contribution in [2.24, 2.45) is 12.8 Å². The SMILES string of the molecule is Cn1cc(CC(=O)Nc2nc(-c3c[nH]c(C(N)=O)c3)cs2)c2ccccc21. The van der Waals surface area contributed by atoms with Crippen molar-refractivity contribution in [2.45, 2.75) is 6.42 Å². The molecule has 4 N–H and O–H groups in total. The van der Waals surface area contributed by atoms with Gasteiger partial charge in [-0.15, -0.1) is 11.3 Å². The minimum absolute atomic E-state index is 0.126. The van der Waals surface area contributed by atoms with Crippen LogP contribution in [-0.2, 0) is 18.3 Å². The van der Waals surface area contributed by atoms with Crippen LogP contribution in [0.25, 0.3) is 22.2 Å². The van der Waals surface area contributed by atoms with Crippen LogP contribution in [0.4, 0.5) is 5.13 Å². The molecule has 3 heterocycles. The molecule has 0 aliphatic rings. The molecule has 0 bridgehead atoms. The smallest absolute Gasteiger partial charge is 0.265 e. The van der Waals surface area contributed by atoms with Crippen LogP contribution in [0.2, 0.25) is 0 Å². The Hall–Kier alpha value is -3.39. The summed E-state index contributed by atoms with van der Waals surface area (Å²) in [6.07, 6.45) is 3.91. The highest BCUT2D eigenvalue weighted by Crippen LogP contribution is 2.26. The lowest BCUT2D eigenvalue weighted by Crippen LogP contribution is -2.14. The molecule has 136 valence electrons. The first-order chi connectivity index (χ1) is 13.0. The van der Waals surface area contributed by atoms with Crippen LogP contribution in [0, 0.1) is 0 Å². The lowest BCUT2D eigenvalue weighted by molar-refractivity contribution is -0.115. The second kappa shape index (κ2) is 6.73. The van der Waals surface area contributed by atoms with Gasteiger partial charge in [0.05, 0.1) is 12.1 Å². The fourth-order valence-electron chi connectivity index (χ4n) is 3.05. The highest BCUT2D eigenvalue weighted by molar-refractivity contribution is 7.14. The first kappa shape index (κ1) is 17.0. The van der Waals surface area contributed by atoms with E-state index in [2.05, 4.69) is 15.3 Å². The fourth-order valence-corrected chi connectivity index (χ4v) is 3.79. The zero-order valence-electron chi connectivity index (χ0n) is 14.5. The molecule has 4 rings (SSSR count). The molecule has 2 amide bonds. The molecule has 0 aliphatic heterocycles. The van der Waals surface area contributed by atoms with Gasteiger partial charge in [0.15, 0.2) is 5.13 Å². The average Bonchev–Trinajstić information content (AvgIpc) is 3.35. The maximum atomic E-state index is 12.5. The van der Waals surface area contributed by atoms with Crippen LogP contribution >= 0.6 is 11.3 Å². The van der Waals surface area contributed by atoms with Gasteiger partial charge in [-0.25, -0.2) is 4.98 Å². The number of aromatic nitrogens is 3. The number of benzene rings is 1. The normalized spacial score (nSPS) is 11.0. The zero-order chi connectivity index (χ0) is 19.0. The number of primary amides is 1. The molecular weight excluding hydrogens is 362 g/mol. The molecule has 27 heavy (non-hydrogen) atoms. The first-order valence-electron chi connectivity index (χ1n) is 8.28. The predicted molar refractivity (Wildman–Crippen MR) is 106 cm³/mol. The summed E-state index contributed by atoms with van der Waals surface area (Å²) in [4.78, 5) is 30.8. The van der Waals surface area contributed by atoms with E-state index in [9.17, 15) is 9.59 Å². The molecule has 0 aliphatic carbocycles. The van der Waals surface area contributed by atoms with E-state index in [1.54, 1.807) is 12.3 Å². The number of hydrogen-bond donors (Lipinski definition) is 3. The van der Waals surface area contributed by atoms with Crippen molar-refractivity contribution >= 4 is 39.2 Å². The van der Waals surface area contributed by atoms with Crippen LogP contribution < -0.4 is 11.1 Å². The van der Waals surface area contributed by atoms with Crippen LogP contribution in [0.5, 0.6) is 0 Å². The van der Waals surface area contributed by atoms with Gasteiger partial charge >= 0.3 is 0 Å². The second-order valence-electron chi connectivity index (χ2n) is 6.21. The van der Waals surface area contributed by atoms with E-state index < -0.39 is 5.91 Å². The largest absolute Gasteiger partial charge is 0.364 e. The monoisotopic (exact) mass is 379 g/mol. The fraction of sp³-hybridized carbons (Fsp3) is 0.105. The topological polar surface area (TPSA) is 106 Å². The van der Waals surface area contributed by atoms with Gasteiger partial charge < -0.3 is 20.6 Å². The number of fused-ring (bicyclic) bond motifs is 1. The van der Waals surface area contributed by atoms with Crippen molar-refractivity contribution < 1.29 is 9.59 Å². The summed E-state index contributed by atoms with van der Waals surface area (Å²) in [7, 11) is 1.97. The number of nitrogens with one attached hydrogen (secondary N) is 2. The van der Waals surface area contributed by atoms with E-state index in [-0.39, 0.29) is 12.3 Å². The van der Waals surface area contributed by atoms with Gasteiger partial charge in [0.1, 0.15) is 5.69 Å². The number of carbonyl (C=O) groups excluding carboxylic acids is 2. The number of nitrogens with zero attached hydrogens (tertiary/aromatic N) is 2. The number of hydrogen-bond acceptors (Lipinski definition) is 4. The number of amides is 2. The Kier molecular flexibility index (Phi) is 4.25. The first-order valence-corrected chi connectivity index (χ1v) is 9.16. The Labute approximate surface area is 158 Å². The van der Waals surface area contributed by atoms with Crippen LogP contribution in [-0.4, -0.2) is 26.3 Å². The lowest BCUT2D eigenvalue weighted by atomic mass is 10.1. The standard InChI is InChI=1S/C19H17N5O2S/c1-24-9-12(13-4-2-3-5-16(13)24)7-17(25)23-19-22-15(10-27-19)11-6-14(18(20)26)21-8-11/h2-6,8-10,21H,7H2,1H3,(H2,20,26)(H,22,23,25). The van der Waals surface area contributed by atoms with Gasteiger partial charge in [-0.05, 0) is 17.7 Å². The molecule has 0 fully saturated rings. The summed E-state index contributed by atoms with van der Waals surface area (Å²) in [6, 6.07) is 9.63. The Morgan fingerprint density at radius 2 is 2.15 bits per heavy atom. The Morgan fingerprint density at radius 1 is 1.33 bits per heavy atom. The maximum absolute atomic E-state index is 12.5. The molecule has 3 aromatic heterocycles. The molecule has 0 atom stereocenters. The number of thiazole rings is 1. The summed E-state index contributed by atoms with van der Waals surface area (Å²) in [6.45, 7) is 0. The summed E-state index contributed by atoms with van der Waals surface area (Å²) < 4.78 is 2.02. The Morgan fingerprint density at radius 3 is 2.93 bits per heavy atom. The van der Waals surface area contributed by atoms with E-state index in [1.807, 2.05) is 47.5 Å². The summed E-state index contributed by atoms with van der Waals surface area (Å²) in [5, 5.41) is 6.24. The number of anilines is 1. The number of para-hydroxylation sites is 1. The number of nitrogens with two attached hydrogens (primary N) is 1. The second-order valence-corrected chi connectivity index (χ2v) is 7.07. The number of H-pyrrole nitrogens is 1. The van der Waals surface area contributed by atoms with E-state index in [0.717, 1.165) is 22.0 Å². The van der Waals surface area contributed by atoms with Crippen molar-refractivity contribution in [1.82, 2.24) is 14.5 Å². The molecule has 0 unspecified atom stereocenters.